The van der Waals surface area contributed by atoms with Crippen molar-refractivity contribution in [2.24, 2.45) is 10.9 Å². The fourth-order valence-electron chi connectivity index (χ4n) is 2.86. The summed E-state index contributed by atoms with van der Waals surface area (Å²) in [5.74, 6) is -2.11. The largest absolute Gasteiger partial charge is 0.436 e. The van der Waals surface area contributed by atoms with Gasteiger partial charge >= 0.3 is 0 Å². The predicted molar refractivity (Wildman–Crippen MR) is 108 cm³/mol. The van der Waals surface area contributed by atoms with Crippen LogP contribution in [-0.4, -0.2) is 27.6 Å². The number of benzene rings is 1. The van der Waals surface area contributed by atoms with Crippen LogP contribution < -0.4 is 20.8 Å². The van der Waals surface area contributed by atoms with E-state index >= 15 is 0 Å². The number of allylic oxidation sites excluding steroid dienone is 1. The van der Waals surface area contributed by atoms with Gasteiger partial charge in [-0.25, -0.2) is 13.8 Å². The standard InChI is InChI=1S/C22H25F2N3O3/c1-5-13-8-17-20(15(11-25-17)21(28)26-12(2)22(3,4)29)27-19(9-13)30-18-7-6-14(23)10-16(18)24/h6-13,25,29H,5H2,1-4H3,(H,26,28). The van der Waals surface area contributed by atoms with Gasteiger partial charge in [0, 0.05) is 18.2 Å². The fourth-order valence-corrected chi connectivity index (χ4v) is 2.86. The molecule has 0 saturated heterocycles. The van der Waals surface area contributed by atoms with Gasteiger partial charge in [0.05, 0.1) is 22.6 Å². The first-order valence-corrected chi connectivity index (χ1v) is 9.74. The number of aromatic nitrogens is 1. The van der Waals surface area contributed by atoms with E-state index in [2.05, 4.69) is 15.3 Å². The number of nitrogens with zero attached hydrogens (tertiary/aromatic N) is 1. The summed E-state index contributed by atoms with van der Waals surface area (Å²) in [7, 11) is 0. The Morgan fingerprint density at radius 2 is 2.10 bits per heavy atom. The number of carbonyl (C=O) groups excluding carboxylic acids is 1. The molecule has 1 aliphatic rings. The first kappa shape index (κ1) is 21.7. The third kappa shape index (κ3) is 4.76. The molecule has 2 aromatic rings. The molecule has 2 heterocycles. The zero-order valence-electron chi connectivity index (χ0n) is 17.3. The van der Waals surface area contributed by atoms with Crippen LogP contribution in [0.2, 0.25) is 0 Å². The molecule has 3 N–H and O–H groups in total. The van der Waals surface area contributed by atoms with Crippen LogP contribution in [-0.2, 0) is 0 Å². The van der Waals surface area contributed by atoms with E-state index in [9.17, 15) is 18.7 Å². The summed E-state index contributed by atoms with van der Waals surface area (Å²) >= 11 is 0. The summed E-state index contributed by atoms with van der Waals surface area (Å²) in [6.45, 7) is 6.88. The molecule has 1 aliphatic heterocycles. The maximum absolute atomic E-state index is 14.0. The number of halogens is 2. The first-order valence-electron chi connectivity index (χ1n) is 9.74. The highest BCUT2D eigenvalue weighted by atomic mass is 19.1. The van der Waals surface area contributed by atoms with Crippen LogP contribution in [0.15, 0.2) is 41.3 Å². The molecule has 1 aromatic heterocycles. The number of aliphatic hydroxyl groups is 1. The minimum absolute atomic E-state index is 0.0710. The van der Waals surface area contributed by atoms with Gasteiger partial charge in [0.2, 0.25) is 5.88 Å². The smallest absolute Gasteiger partial charge is 0.255 e. The Balaban J connectivity index is 2.00. The highest BCUT2D eigenvalue weighted by Gasteiger charge is 2.25. The molecule has 0 saturated carbocycles. The topological polar surface area (TPSA) is 86.7 Å². The van der Waals surface area contributed by atoms with Crippen molar-refractivity contribution in [1.29, 1.82) is 0 Å². The molecule has 2 unspecified atom stereocenters. The van der Waals surface area contributed by atoms with Crippen molar-refractivity contribution >= 4 is 12.0 Å². The van der Waals surface area contributed by atoms with Crippen molar-refractivity contribution in [2.75, 3.05) is 0 Å². The van der Waals surface area contributed by atoms with Crippen molar-refractivity contribution in [1.82, 2.24) is 10.3 Å². The molecular weight excluding hydrogens is 392 g/mol. The van der Waals surface area contributed by atoms with E-state index in [4.69, 9.17) is 4.74 Å². The Morgan fingerprint density at radius 1 is 1.37 bits per heavy atom. The molecule has 0 radical (unpaired) electrons. The second-order valence-corrected chi connectivity index (χ2v) is 7.85. The van der Waals surface area contributed by atoms with Gasteiger partial charge in [0.15, 0.2) is 11.6 Å². The molecule has 30 heavy (non-hydrogen) atoms. The second kappa shape index (κ2) is 8.39. The molecule has 1 aromatic carbocycles. The van der Waals surface area contributed by atoms with Crippen molar-refractivity contribution in [3.05, 3.63) is 64.3 Å². The van der Waals surface area contributed by atoms with Crippen LogP contribution in [0.4, 0.5) is 8.78 Å². The lowest BCUT2D eigenvalue weighted by molar-refractivity contribution is 0.0408. The lowest BCUT2D eigenvalue weighted by atomic mass is 10.0. The number of H-pyrrole nitrogens is 1. The van der Waals surface area contributed by atoms with Gasteiger partial charge in [-0.3, -0.25) is 4.79 Å². The number of hydrogen-bond acceptors (Lipinski definition) is 4. The Morgan fingerprint density at radius 3 is 2.73 bits per heavy atom. The fraction of sp³-hybridized carbons (Fsp3) is 0.364. The van der Waals surface area contributed by atoms with Crippen LogP contribution >= 0.6 is 0 Å². The minimum Gasteiger partial charge on any atom is -0.436 e. The molecule has 0 aliphatic carbocycles. The van der Waals surface area contributed by atoms with Crippen LogP contribution in [0.1, 0.15) is 44.5 Å². The van der Waals surface area contributed by atoms with Crippen LogP contribution in [0.3, 0.4) is 0 Å². The van der Waals surface area contributed by atoms with Crippen LogP contribution in [0.5, 0.6) is 5.75 Å². The number of nitrogens with one attached hydrogen (secondary N) is 2. The van der Waals surface area contributed by atoms with Gasteiger partial charge in [-0.15, -0.1) is 0 Å². The molecule has 160 valence electrons. The normalized spacial score (nSPS) is 17.0. The van der Waals surface area contributed by atoms with Crippen LogP contribution in [0, 0.1) is 17.6 Å². The molecule has 6 nitrogen and oxygen atoms in total. The highest BCUT2D eigenvalue weighted by Crippen LogP contribution is 2.22. The van der Waals surface area contributed by atoms with Gasteiger partial charge in [-0.05, 0) is 45.4 Å². The Labute approximate surface area is 173 Å². The number of ether oxygens (including phenoxy) is 1. The van der Waals surface area contributed by atoms with Crippen molar-refractivity contribution < 1.29 is 23.4 Å². The predicted octanol–water partition coefficient (Wildman–Crippen LogP) is 2.54. The lowest BCUT2D eigenvalue weighted by Gasteiger charge is -2.26. The summed E-state index contributed by atoms with van der Waals surface area (Å²) in [5.41, 5.74) is -0.837. The summed E-state index contributed by atoms with van der Waals surface area (Å²) in [6.07, 6.45) is 5.89. The minimum atomic E-state index is -1.10. The van der Waals surface area contributed by atoms with E-state index in [1.54, 1.807) is 26.8 Å². The number of rotatable bonds is 6. The maximum atomic E-state index is 14.0. The van der Waals surface area contributed by atoms with E-state index in [1.165, 1.54) is 12.3 Å². The number of hydrogen-bond donors (Lipinski definition) is 3. The third-order valence-corrected chi connectivity index (χ3v) is 5.07. The lowest BCUT2D eigenvalue weighted by Crippen LogP contribution is -2.48. The Bertz CT molecular complexity index is 1100. The number of aromatic amines is 1. The SMILES string of the molecule is CCC1C=C(Oc2ccc(F)cc2F)N=c2c(C(=O)NC(C)C(C)(C)O)c[nH]c2=C1. The molecule has 0 spiro atoms. The van der Waals surface area contributed by atoms with E-state index in [1.807, 2.05) is 13.0 Å². The Kier molecular flexibility index (Phi) is 6.07. The molecule has 3 rings (SSSR count). The Hall–Kier alpha value is -3.00. The van der Waals surface area contributed by atoms with E-state index in [-0.39, 0.29) is 23.1 Å². The molecular formula is C22H25F2N3O3. The van der Waals surface area contributed by atoms with Gasteiger partial charge in [0.25, 0.3) is 5.91 Å². The first-order chi connectivity index (χ1) is 14.1. The second-order valence-electron chi connectivity index (χ2n) is 7.85. The zero-order valence-corrected chi connectivity index (χ0v) is 17.3. The molecule has 2 atom stereocenters. The molecule has 0 bridgehead atoms. The number of carbonyl (C=O) groups is 1. The zero-order chi connectivity index (χ0) is 22.1. The molecule has 1 amide bonds. The van der Waals surface area contributed by atoms with Crippen molar-refractivity contribution in [2.45, 2.75) is 45.8 Å². The van der Waals surface area contributed by atoms with Crippen LogP contribution in [0.25, 0.3) is 6.08 Å². The van der Waals surface area contributed by atoms with Gasteiger partial charge in [-0.2, -0.15) is 0 Å². The summed E-state index contributed by atoms with van der Waals surface area (Å²) < 4.78 is 32.8. The van der Waals surface area contributed by atoms with Crippen molar-refractivity contribution in [3.8, 4) is 5.75 Å². The summed E-state index contributed by atoms with van der Waals surface area (Å²) in [5, 5.41) is 13.8. The summed E-state index contributed by atoms with van der Waals surface area (Å²) in [4.78, 5) is 20.3. The van der Waals surface area contributed by atoms with Gasteiger partial charge in [-0.1, -0.05) is 13.0 Å². The molecule has 0 fully saturated rings. The average molecular weight is 417 g/mol. The molecule has 8 heteroatoms. The van der Waals surface area contributed by atoms with E-state index < -0.39 is 29.2 Å². The third-order valence-electron chi connectivity index (χ3n) is 5.07. The number of fused-ring (bicyclic) bond motifs is 1. The van der Waals surface area contributed by atoms with Gasteiger partial charge < -0.3 is 20.1 Å². The highest BCUT2D eigenvalue weighted by molar-refractivity contribution is 5.94. The maximum Gasteiger partial charge on any atom is 0.255 e. The van der Waals surface area contributed by atoms with Crippen molar-refractivity contribution in [3.63, 3.8) is 0 Å². The van der Waals surface area contributed by atoms with E-state index in [0.717, 1.165) is 18.6 Å². The van der Waals surface area contributed by atoms with Gasteiger partial charge in [0.1, 0.15) is 11.2 Å². The monoisotopic (exact) mass is 417 g/mol. The van der Waals surface area contributed by atoms with E-state index in [0.29, 0.717) is 10.7 Å². The number of amides is 1. The average Bonchev–Trinajstić information content (AvgIpc) is 2.95. The summed E-state index contributed by atoms with van der Waals surface area (Å²) in [6, 6.07) is 2.51. The quantitative estimate of drug-likeness (QED) is 0.675.